The summed E-state index contributed by atoms with van der Waals surface area (Å²) in [6.07, 6.45) is 8.69. The number of aryl methyl sites for hydroxylation is 1. The number of nitrogens with one attached hydrogen (secondary N) is 1. The van der Waals surface area contributed by atoms with Gasteiger partial charge in [-0.15, -0.1) is 0 Å². The lowest BCUT2D eigenvalue weighted by Crippen LogP contribution is -2.43. The second kappa shape index (κ2) is 12.2. The van der Waals surface area contributed by atoms with Crippen molar-refractivity contribution in [1.29, 1.82) is 0 Å². The fourth-order valence-corrected chi connectivity index (χ4v) is 2.86. The molecule has 0 saturated heterocycles. The van der Waals surface area contributed by atoms with Crippen molar-refractivity contribution in [2.45, 2.75) is 64.5 Å². The number of unbranched alkanes of at least 4 members (excludes halogenated alkanes) is 5. The number of carbonyl (C=O) groups excluding carboxylic acids is 1. The fraction of sp³-hybridized carbons (Fsp3) is 0.611. The molecule has 1 amide bonds. The van der Waals surface area contributed by atoms with Crippen molar-refractivity contribution < 1.29 is 23.7 Å². The first-order valence-electron chi connectivity index (χ1n) is 9.13. The van der Waals surface area contributed by atoms with Gasteiger partial charge in [0, 0.05) is 6.54 Å². The Morgan fingerprint density at radius 1 is 1.12 bits per heavy atom. The largest absolute Gasteiger partial charge is 0.469 e. The van der Waals surface area contributed by atoms with E-state index in [2.05, 4.69) is 28.9 Å². The molecule has 1 unspecified atom stereocenters. The van der Waals surface area contributed by atoms with Crippen LogP contribution in [0.3, 0.4) is 0 Å². The fourth-order valence-electron chi connectivity index (χ4n) is 2.51. The molecule has 0 aliphatic rings. The summed E-state index contributed by atoms with van der Waals surface area (Å²) in [5.41, 5.74) is 7.75. The van der Waals surface area contributed by atoms with Gasteiger partial charge in [-0.05, 0) is 24.0 Å². The summed E-state index contributed by atoms with van der Waals surface area (Å²) in [6, 6.07) is 6.92. The minimum absolute atomic E-state index is 0.305. The number of phosphoric acid groups is 1. The van der Waals surface area contributed by atoms with E-state index in [1.165, 1.54) is 44.1 Å². The van der Waals surface area contributed by atoms with Gasteiger partial charge in [0.05, 0.1) is 6.61 Å². The second-order valence-electron chi connectivity index (χ2n) is 6.44. The quantitative estimate of drug-likeness (QED) is 0.305. The molecule has 0 bridgehead atoms. The van der Waals surface area contributed by atoms with Gasteiger partial charge in [-0.25, -0.2) is 4.57 Å². The Bertz CT molecular complexity index is 573. The summed E-state index contributed by atoms with van der Waals surface area (Å²) in [7, 11) is -4.62. The molecule has 26 heavy (non-hydrogen) atoms. The van der Waals surface area contributed by atoms with Crippen molar-refractivity contribution in [1.82, 2.24) is 5.32 Å². The van der Waals surface area contributed by atoms with Gasteiger partial charge in [-0.1, -0.05) is 63.3 Å². The maximum absolute atomic E-state index is 11.8. The van der Waals surface area contributed by atoms with Gasteiger partial charge >= 0.3 is 7.82 Å². The van der Waals surface area contributed by atoms with E-state index < -0.39 is 26.4 Å². The van der Waals surface area contributed by atoms with Crippen molar-refractivity contribution in [3.8, 4) is 0 Å². The summed E-state index contributed by atoms with van der Waals surface area (Å²) >= 11 is 0. The Labute approximate surface area is 155 Å². The van der Waals surface area contributed by atoms with Gasteiger partial charge in [-0.3, -0.25) is 9.32 Å². The Hall–Kier alpha value is -1.24. The van der Waals surface area contributed by atoms with Crippen LogP contribution in [0.2, 0.25) is 0 Å². The highest BCUT2D eigenvalue weighted by Crippen LogP contribution is 2.35. The van der Waals surface area contributed by atoms with Crippen molar-refractivity contribution in [2.75, 3.05) is 6.61 Å². The van der Waals surface area contributed by atoms with Gasteiger partial charge in [0.2, 0.25) is 5.91 Å². The summed E-state index contributed by atoms with van der Waals surface area (Å²) in [5.74, 6) is -0.519. The molecule has 1 rings (SSSR count). The first-order valence-corrected chi connectivity index (χ1v) is 10.7. The molecule has 0 aliphatic carbocycles. The van der Waals surface area contributed by atoms with Gasteiger partial charge in [-0.2, -0.15) is 0 Å². The van der Waals surface area contributed by atoms with Crippen LogP contribution in [0.5, 0.6) is 0 Å². The zero-order chi connectivity index (χ0) is 19.4. The molecular weight excluding hydrogens is 355 g/mol. The molecule has 0 heterocycles. The number of hydrogen-bond acceptors (Lipinski definition) is 4. The molecule has 7 nitrogen and oxygen atoms in total. The van der Waals surface area contributed by atoms with Gasteiger partial charge in [0.25, 0.3) is 0 Å². The monoisotopic (exact) mass is 386 g/mol. The summed E-state index contributed by atoms with van der Waals surface area (Å²) < 4.78 is 14.8. The van der Waals surface area contributed by atoms with Gasteiger partial charge < -0.3 is 20.8 Å². The molecule has 0 aliphatic heterocycles. The van der Waals surface area contributed by atoms with Crippen LogP contribution in [-0.2, 0) is 26.8 Å². The second-order valence-corrected chi connectivity index (χ2v) is 7.68. The van der Waals surface area contributed by atoms with Crippen molar-refractivity contribution in [3.05, 3.63) is 35.4 Å². The standard InChI is InChI=1S/C18H31N2O5P/c1-2-3-4-5-6-7-8-15-9-11-16(12-10-15)13-20-18(21)17(19)14-25-26(22,23)24/h9-12,17H,2-8,13-14,19H2,1H3,(H,20,21)(H2,22,23,24). The number of amides is 1. The van der Waals surface area contributed by atoms with E-state index in [-0.39, 0.29) is 0 Å². The maximum atomic E-state index is 11.8. The van der Waals surface area contributed by atoms with E-state index in [0.29, 0.717) is 6.54 Å². The van der Waals surface area contributed by atoms with Crippen LogP contribution in [-0.4, -0.2) is 28.3 Å². The van der Waals surface area contributed by atoms with Crippen molar-refractivity contribution >= 4 is 13.7 Å². The van der Waals surface area contributed by atoms with Crippen LogP contribution in [0.4, 0.5) is 0 Å². The van der Waals surface area contributed by atoms with Crippen LogP contribution >= 0.6 is 7.82 Å². The van der Waals surface area contributed by atoms with E-state index in [4.69, 9.17) is 15.5 Å². The molecule has 1 aromatic rings. The minimum Gasteiger partial charge on any atom is -0.351 e. The van der Waals surface area contributed by atoms with Crippen molar-refractivity contribution in [3.63, 3.8) is 0 Å². The number of hydrogen-bond donors (Lipinski definition) is 4. The molecule has 5 N–H and O–H groups in total. The normalized spacial score (nSPS) is 12.8. The highest BCUT2D eigenvalue weighted by atomic mass is 31.2. The summed E-state index contributed by atoms with van der Waals surface area (Å²) in [5, 5.41) is 2.63. The number of nitrogens with two attached hydrogens (primary N) is 1. The Morgan fingerprint density at radius 3 is 2.31 bits per heavy atom. The molecule has 1 atom stereocenters. The summed E-state index contributed by atoms with van der Waals surface area (Å²) in [6.45, 7) is 1.99. The predicted molar refractivity (Wildman–Crippen MR) is 101 cm³/mol. The lowest BCUT2D eigenvalue weighted by atomic mass is 10.0. The van der Waals surface area contributed by atoms with Crippen LogP contribution < -0.4 is 11.1 Å². The molecular formula is C18H31N2O5P. The summed E-state index contributed by atoms with van der Waals surface area (Å²) in [4.78, 5) is 29.0. The number of phosphoric ester groups is 1. The van der Waals surface area contributed by atoms with E-state index in [1.54, 1.807) is 0 Å². The minimum atomic E-state index is -4.62. The molecule has 8 heteroatoms. The first kappa shape index (κ1) is 22.8. The highest BCUT2D eigenvalue weighted by molar-refractivity contribution is 7.46. The van der Waals surface area contributed by atoms with E-state index >= 15 is 0 Å². The third kappa shape index (κ3) is 10.7. The molecule has 0 fully saturated rings. The van der Waals surface area contributed by atoms with Crippen LogP contribution in [0.15, 0.2) is 24.3 Å². The number of rotatable bonds is 13. The van der Waals surface area contributed by atoms with E-state index in [0.717, 1.165) is 12.0 Å². The molecule has 0 aromatic heterocycles. The highest BCUT2D eigenvalue weighted by Gasteiger charge is 2.20. The number of carbonyl (C=O) groups is 1. The maximum Gasteiger partial charge on any atom is 0.469 e. The van der Waals surface area contributed by atoms with Gasteiger partial charge in [0.1, 0.15) is 6.04 Å². The lowest BCUT2D eigenvalue weighted by Gasteiger charge is -2.13. The van der Waals surface area contributed by atoms with E-state index in [1.807, 2.05) is 12.1 Å². The zero-order valence-electron chi connectivity index (χ0n) is 15.4. The molecule has 0 saturated carbocycles. The molecule has 0 radical (unpaired) electrons. The van der Waals surface area contributed by atoms with Crippen LogP contribution in [0, 0.1) is 0 Å². The average Bonchev–Trinajstić information content (AvgIpc) is 2.61. The molecule has 1 aromatic carbocycles. The third-order valence-corrected chi connectivity index (χ3v) is 4.55. The molecule has 148 valence electrons. The van der Waals surface area contributed by atoms with Gasteiger partial charge in [0.15, 0.2) is 0 Å². The Balaban J connectivity index is 2.27. The molecule has 0 spiro atoms. The predicted octanol–water partition coefficient (Wildman–Crippen LogP) is 2.64. The Kier molecular flexibility index (Phi) is 10.7. The lowest BCUT2D eigenvalue weighted by molar-refractivity contribution is -0.123. The topological polar surface area (TPSA) is 122 Å². The Morgan fingerprint density at radius 2 is 1.69 bits per heavy atom. The smallest absolute Gasteiger partial charge is 0.351 e. The zero-order valence-corrected chi connectivity index (χ0v) is 16.3. The van der Waals surface area contributed by atoms with Crippen LogP contribution in [0.1, 0.15) is 56.6 Å². The van der Waals surface area contributed by atoms with Crippen LogP contribution in [0.25, 0.3) is 0 Å². The van der Waals surface area contributed by atoms with Crippen molar-refractivity contribution in [2.24, 2.45) is 5.73 Å². The first-order chi connectivity index (χ1) is 12.3. The number of benzene rings is 1. The average molecular weight is 386 g/mol. The third-order valence-electron chi connectivity index (χ3n) is 4.07. The SMILES string of the molecule is CCCCCCCCc1ccc(CNC(=O)C(N)COP(=O)(O)O)cc1. The van der Waals surface area contributed by atoms with E-state index in [9.17, 15) is 9.36 Å².